The quantitative estimate of drug-likeness (QED) is 0.915. The highest BCUT2D eigenvalue weighted by molar-refractivity contribution is 5.76. The average Bonchev–Trinajstić information content (AvgIpc) is 3.12. The number of hydrogen-bond donors (Lipinski definition) is 1. The van der Waals surface area contributed by atoms with E-state index in [2.05, 4.69) is 0 Å². The van der Waals surface area contributed by atoms with Crippen molar-refractivity contribution in [2.75, 3.05) is 19.9 Å². The topological polar surface area (TPSA) is 59.0 Å². The van der Waals surface area contributed by atoms with Crippen molar-refractivity contribution in [2.24, 2.45) is 5.92 Å². The molecule has 1 amide bonds. The molecular weight excluding hydrogens is 270 g/mol. The lowest BCUT2D eigenvalue weighted by atomic mass is 10.0. The molecule has 0 aromatic heterocycles. The Bertz CT molecular complexity index is 529. The Morgan fingerprint density at radius 1 is 1.43 bits per heavy atom. The number of aryl methyl sites for hydroxylation is 1. The molecule has 1 aromatic carbocycles. The highest BCUT2D eigenvalue weighted by Crippen LogP contribution is 2.32. The van der Waals surface area contributed by atoms with Crippen molar-refractivity contribution in [3.8, 4) is 11.5 Å². The monoisotopic (exact) mass is 291 g/mol. The number of rotatable bonds is 4. The van der Waals surface area contributed by atoms with Gasteiger partial charge in [-0.3, -0.25) is 4.79 Å². The van der Waals surface area contributed by atoms with Gasteiger partial charge in [0.25, 0.3) is 0 Å². The van der Waals surface area contributed by atoms with Gasteiger partial charge in [-0.2, -0.15) is 0 Å². The molecule has 114 valence electrons. The van der Waals surface area contributed by atoms with Crippen molar-refractivity contribution in [1.29, 1.82) is 0 Å². The summed E-state index contributed by atoms with van der Waals surface area (Å²) in [6, 6.07) is 5.81. The second-order valence-corrected chi connectivity index (χ2v) is 5.82. The number of ether oxygens (including phenoxy) is 2. The Balaban J connectivity index is 1.52. The molecule has 0 bridgehead atoms. The molecule has 5 heteroatoms. The van der Waals surface area contributed by atoms with Crippen LogP contribution in [0.3, 0.4) is 0 Å². The van der Waals surface area contributed by atoms with E-state index in [0.29, 0.717) is 19.4 Å². The molecule has 1 aromatic rings. The molecule has 2 unspecified atom stereocenters. The van der Waals surface area contributed by atoms with Crippen LogP contribution in [0.15, 0.2) is 18.2 Å². The van der Waals surface area contributed by atoms with Gasteiger partial charge in [0, 0.05) is 25.4 Å². The van der Waals surface area contributed by atoms with Gasteiger partial charge in [0.15, 0.2) is 11.5 Å². The third kappa shape index (κ3) is 3.13. The van der Waals surface area contributed by atoms with Gasteiger partial charge in [-0.05, 0) is 37.5 Å². The van der Waals surface area contributed by atoms with Gasteiger partial charge < -0.3 is 19.5 Å². The summed E-state index contributed by atoms with van der Waals surface area (Å²) in [7, 11) is 0. The van der Waals surface area contributed by atoms with Crippen LogP contribution in [0.1, 0.15) is 25.3 Å². The Kier molecular flexibility index (Phi) is 4.01. The van der Waals surface area contributed by atoms with Crippen molar-refractivity contribution in [1.82, 2.24) is 4.90 Å². The summed E-state index contributed by atoms with van der Waals surface area (Å²) in [6.07, 6.45) is 1.75. The predicted octanol–water partition coefficient (Wildman–Crippen LogP) is 1.58. The van der Waals surface area contributed by atoms with Gasteiger partial charge in [-0.25, -0.2) is 0 Å². The van der Waals surface area contributed by atoms with E-state index in [1.807, 2.05) is 23.1 Å². The molecule has 3 rings (SSSR count). The Labute approximate surface area is 124 Å². The molecule has 1 N–H and O–H groups in total. The van der Waals surface area contributed by atoms with E-state index in [-0.39, 0.29) is 24.7 Å². The number of carbonyl (C=O) groups is 1. The lowest BCUT2D eigenvalue weighted by Crippen LogP contribution is -2.30. The van der Waals surface area contributed by atoms with Gasteiger partial charge in [0.1, 0.15) is 0 Å². The Morgan fingerprint density at radius 3 is 3.00 bits per heavy atom. The maximum Gasteiger partial charge on any atom is 0.231 e. The van der Waals surface area contributed by atoms with Gasteiger partial charge in [-0.15, -0.1) is 0 Å². The summed E-state index contributed by atoms with van der Waals surface area (Å²) < 4.78 is 10.6. The predicted molar refractivity (Wildman–Crippen MR) is 77.3 cm³/mol. The molecule has 0 spiro atoms. The second-order valence-electron chi connectivity index (χ2n) is 5.82. The van der Waals surface area contributed by atoms with Crippen LogP contribution in [0.4, 0.5) is 0 Å². The summed E-state index contributed by atoms with van der Waals surface area (Å²) >= 11 is 0. The fraction of sp³-hybridized carbons (Fsp3) is 0.562. The zero-order chi connectivity index (χ0) is 14.8. The van der Waals surface area contributed by atoms with Crippen LogP contribution in [0.2, 0.25) is 0 Å². The van der Waals surface area contributed by atoms with E-state index < -0.39 is 0 Å². The number of aliphatic hydroxyl groups excluding tert-OH is 1. The van der Waals surface area contributed by atoms with Crippen LogP contribution < -0.4 is 9.47 Å². The van der Waals surface area contributed by atoms with E-state index in [1.165, 1.54) is 0 Å². The number of nitrogens with zero attached hydrogens (tertiary/aromatic N) is 1. The first-order valence-corrected chi connectivity index (χ1v) is 7.48. The van der Waals surface area contributed by atoms with E-state index in [0.717, 1.165) is 30.0 Å². The number of likely N-dealkylation sites (tertiary alicyclic amines) is 1. The lowest BCUT2D eigenvalue weighted by molar-refractivity contribution is -0.130. The molecule has 2 heterocycles. The molecule has 0 saturated carbocycles. The van der Waals surface area contributed by atoms with Crippen molar-refractivity contribution in [3.63, 3.8) is 0 Å². The summed E-state index contributed by atoms with van der Waals surface area (Å²) in [5, 5.41) is 9.59. The lowest BCUT2D eigenvalue weighted by Gasteiger charge is -2.17. The van der Waals surface area contributed by atoms with Crippen molar-refractivity contribution in [3.05, 3.63) is 23.8 Å². The molecule has 2 aliphatic rings. The molecule has 2 atom stereocenters. The van der Waals surface area contributed by atoms with Gasteiger partial charge in [0.05, 0.1) is 6.10 Å². The van der Waals surface area contributed by atoms with Gasteiger partial charge in [0.2, 0.25) is 12.7 Å². The van der Waals surface area contributed by atoms with Crippen LogP contribution in [-0.4, -0.2) is 41.9 Å². The molecule has 1 saturated heterocycles. The van der Waals surface area contributed by atoms with Gasteiger partial charge >= 0.3 is 0 Å². The maximum absolute atomic E-state index is 12.2. The average molecular weight is 291 g/mol. The van der Waals surface area contributed by atoms with Gasteiger partial charge in [-0.1, -0.05) is 6.07 Å². The molecule has 5 nitrogen and oxygen atoms in total. The van der Waals surface area contributed by atoms with Crippen LogP contribution in [0.5, 0.6) is 11.5 Å². The van der Waals surface area contributed by atoms with Crippen LogP contribution >= 0.6 is 0 Å². The highest BCUT2D eigenvalue weighted by Gasteiger charge is 2.28. The first-order chi connectivity index (χ1) is 10.1. The first-order valence-electron chi connectivity index (χ1n) is 7.48. The molecule has 2 aliphatic heterocycles. The van der Waals surface area contributed by atoms with E-state index in [4.69, 9.17) is 9.47 Å². The summed E-state index contributed by atoms with van der Waals surface area (Å²) in [5.74, 6) is 1.91. The summed E-state index contributed by atoms with van der Waals surface area (Å²) in [5.41, 5.74) is 1.08. The molecule has 0 aliphatic carbocycles. The Morgan fingerprint density at radius 2 is 2.24 bits per heavy atom. The van der Waals surface area contributed by atoms with E-state index in [1.54, 1.807) is 6.92 Å². The van der Waals surface area contributed by atoms with Crippen LogP contribution in [0, 0.1) is 5.92 Å². The molecule has 1 fully saturated rings. The zero-order valence-electron chi connectivity index (χ0n) is 12.2. The van der Waals surface area contributed by atoms with E-state index in [9.17, 15) is 9.90 Å². The molecule has 21 heavy (non-hydrogen) atoms. The van der Waals surface area contributed by atoms with E-state index >= 15 is 0 Å². The minimum absolute atomic E-state index is 0.163. The normalized spacial score (nSPS) is 21.6. The fourth-order valence-electron chi connectivity index (χ4n) is 2.91. The number of amides is 1. The second kappa shape index (κ2) is 5.93. The standard InChI is InChI=1S/C16H21NO4/c1-11(18)13-6-7-17(9-13)16(19)5-3-12-2-4-14-15(8-12)21-10-20-14/h2,4,8,11,13,18H,3,5-7,9-10H2,1H3. The number of aliphatic hydroxyl groups is 1. The number of benzene rings is 1. The van der Waals surface area contributed by atoms with Crippen molar-refractivity contribution in [2.45, 2.75) is 32.3 Å². The molecular formula is C16H21NO4. The minimum atomic E-state index is -0.336. The minimum Gasteiger partial charge on any atom is -0.454 e. The summed E-state index contributed by atoms with van der Waals surface area (Å²) in [4.78, 5) is 14.1. The number of carbonyl (C=O) groups excluding carboxylic acids is 1. The zero-order valence-corrected chi connectivity index (χ0v) is 12.2. The number of fused-ring (bicyclic) bond motifs is 1. The molecule has 0 radical (unpaired) electrons. The fourth-order valence-corrected chi connectivity index (χ4v) is 2.91. The van der Waals surface area contributed by atoms with Crippen LogP contribution in [-0.2, 0) is 11.2 Å². The Hall–Kier alpha value is -1.75. The largest absolute Gasteiger partial charge is 0.454 e. The smallest absolute Gasteiger partial charge is 0.231 e. The third-order valence-electron chi connectivity index (χ3n) is 4.32. The summed E-state index contributed by atoms with van der Waals surface area (Å²) in [6.45, 7) is 3.50. The number of hydrogen-bond acceptors (Lipinski definition) is 4. The maximum atomic E-state index is 12.2. The SMILES string of the molecule is CC(O)C1CCN(C(=O)CCc2ccc3c(c2)OCO3)C1. The van der Waals surface area contributed by atoms with Crippen molar-refractivity contribution >= 4 is 5.91 Å². The highest BCUT2D eigenvalue weighted by atomic mass is 16.7. The first kappa shape index (κ1) is 14.2. The third-order valence-corrected chi connectivity index (χ3v) is 4.32. The van der Waals surface area contributed by atoms with Crippen molar-refractivity contribution < 1.29 is 19.4 Å². The van der Waals surface area contributed by atoms with Crippen LogP contribution in [0.25, 0.3) is 0 Å².